The quantitative estimate of drug-likeness (QED) is 0.564. The lowest BCUT2D eigenvalue weighted by Gasteiger charge is -2.15. The molecular formula is C8H12O2. The molecular weight excluding hydrogens is 128 g/mol. The Bertz CT molecular complexity index is 184. The van der Waals surface area contributed by atoms with Crippen molar-refractivity contribution < 1.29 is 9.90 Å². The van der Waals surface area contributed by atoms with Gasteiger partial charge in [0.25, 0.3) is 0 Å². The Hall–Kier alpha value is -0.790. The highest BCUT2D eigenvalue weighted by Crippen LogP contribution is 2.40. The fourth-order valence-electron chi connectivity index (χ4n) is 1.36. The monoisotopic (exact) mass is 140 g/mol. The molecule has 0 unspecified atom stereocenters. The molecule has 0 bridgehead atoms. The number of hydrogen-bond donors (Lipinski definition) is 1. The highest BCUT2D eigenvalue weighted by Gasteiger charge is 2.37. The first kappa shape index (κ1) is 7.32. The van der Waals surface area contributed by atoms with Crippen LogP contribution < -0.4 is 0 Å². The second-order valence-electron chi connectivity index (χ2n) is 3.29. The smallest absolute Gasteiger partial charge is 0.309 e. The van der Waals surface area contributed by atoms with E-state index in [2.05, 4.69) is 6.58 Å². The van der Waals surface area contributed by atoms with E-state index in [-0.39, 0.29) is 0 Å². The van der Waals surface area contributed by atoms with Gasteiger partial charge in [-0.25, -0.2) is 0 Å². The Morgan fingerprint density at radius 2 is 2.40 bits per heavy atom. The molecule has 0 aromatic carbocycles. The standard InChI is InChI=1S/C8H12O2/c1-6-3-4-8(2,5-6)7(9)10/h1,3-5H2,2H3,(H,9,10)/t8-/m1/s1. The lowest BCUT2D eigenvalue weighted by atomic mass is 9.89. The Labute approximate surface area is 60.6 Å². The summed E-state index contributed by atoms with van der Waals surface area (Å²) in [5, 5.41) is 8.75. The molecule has 10 heavy (non-hydrogen) atoms. The summed E-state index contributed by atoms with van der Waals surface area (Å²) in [6, 6.07) is 0. The molecule has 0 aromatic heterocycles. The van der Waals surface area contributed by atoms with Crippen LogP contribution in [0.4, 0.5) is 0 Å². The third-order valence-electron chi connectivity index (χ3n) is 2.19. The van der Waals surface area contributed by atoms with Gasteiger partial charge >= 0.3 is 5.97 Å². The van der Waals surface area contributed by atoms with Crippen molar-refractivity contribution in [2.24, 2.45) is 5.41 Å². The van der Waals surface area contributed by atoms with Crippen molar-refractivity contribution >= 4 is 5.97 Å². The zero-order chi connectivity index (χ0) is 7.78. The van der Waals surface area contributed by atoms with Gasteiger partial charge in [0.2, 0.25) is 0 Å². The summed E-state index contributed by atoms with van der Waals surface area (Å²) in [6.07, 6.45) is 2.28. The summed E-state index contributed by atoms with van der Waals surface area (Å²) in [5.41, 5.74) is 0.557. The largest absolute Gasteiger partial charge is 0.481 e. The van der Waals surface area contributed by atoms with Crippen molar-refractivity contribution in [2.45, 2.75) is 26.2 Å². The van der Waals surface area contributed by atoms with Crippen LogP contribution in [-0.2, 0) is 4.79 Å². The number of hydrogen-bond acceptors (Lipinski definition) is 1. The molecule has 0 radical (unpaired) electrons. The van der Waals surface area contributed by atoms with E-state index >= 15 is 0 Å². The molecule has 0 aromatic rings. The SMILES string of the molecule is C=C1CC[C@@](C)(C(=O)O)C1. The minimum Gasteiger partial charge on any atom is -0.481 e. The fraction of sp³-hybridized carbons (Fsp3) is 0.625. The number of carbonyl (C=O) groups is 1. The van der Waals surface area contributed by atoms with E-state index in [1.165, 1.54) is 0 Å². The number of rotatable bonds is 1. The molecule has 0 amide bonds. The maximum absolute atomic E-state index is 10.6. The van der Waals surface area contributed by atoms with Crippen molar-refractivity contribution in [2.75, 3.05) is 0 Å². The van der Waals surface area contributed by atoms with Gasteiger partial charge in [0.1, 0.15) is 0 Å². The molecule has 0 spiro atoms. The van der Waals surface area contributed by atoms with Crippen molar-refractivity contribution in [3.8, 4) is 0 Å². The van der Waals surface area contributed by atoms with Gasteiger partial charge in [-0.2, -0.15) is 0 Å². The molecule has 0 saturated heterocycles. The summed E-state index contributed by atoms with van der Waals surface area (Å²) in [6.45, 7) is 5.55. The molecule has 2 nitrogen and oxygen atoms in total. The summed E-state index contributed by atoms with van der Waals surface area (Å²) < 4.78 is 0. The number of carboxylic acids is 1. The fourth-order valence-corrected chi connectivity index (χ4v) is 1.36. The average Bonchev–Trinajstić information content (AvgIpc) is 2.13. The molecule has 1 aliphatic rings. The topological polar surface area (TPSA) is 37.3 Å². The van der Waals surface area contributed by atoms with Gasteiger partial charge in [0.15, 0.2) is 0 Å². The van der Waals surface area contributed by atoms with E-state index in [4.69, 9.17) is 5.11 Å². The normalized spacial score (nSPS) is 32.7. The van der Waals surface area contributed by atoms with Gasteiger partial charge in [-0.05, 0) is 26.2 Å². The van der Waals surface area contributed by atoms with Gasteiger partial charge in [-0.15, -0.1) is 0 Å². The zero-order valence-corrected chi connectivity index (χ0v) is 6.18. The van der Waals surface area contributed by atoms with Crippen LogP contribution in [0.5, 0.6) is 0 Å². The van der Waals surface area contributed by atoms with Crippen molar-refractivity contribution in [1.82, 2.24) is 0 Å². The van der Waals surface area contributed by atoms with Gasteiger partial charge in [0, 0.05) is 0 Å². The van der Waals surface area contributed by atoms with Gasteiger partial charge in [0.05, 0.1) is 5.41 Å². The summed E-state index contributed by atoms with van der Waals surface area (Å²) in [5.74, 6) is -0.689. The second-order valence-corrected chi connectivity index (χ2v) is 3.29. The molecule has 0 aliphatic heterocycles. The number of carboxylic acid groups (broad SMARTS) is 1. The predicted molar refractivity (Wildman–Crippen MR) is 38.7 cm³/mol. The zero-order valence-electron chi connectivity index (χ0n) is 6.18. The first-order valence-corrected chi connectivity index (χ1v) is 3.45. The minimum absolute atomic E-state index is 0.517. The molecule has 2 heteroatoms. The third-order valence-corrected chi connectivity index (χ3v) is 2.19. The highest BCUT2D eigenvalue weighted by atomic mass is 16.4. The van der Waals surface area contributed by atoms with Crippen LogP contribution in [0, 0.1) is 5.41 Å². The average molecular weight is 140 g/mol. The van der Waals surface area contributed by atoms with Gasteiger partial charge in [-0.1, -0.05) is 12.2 Å². The maximum Gasteiger partial charge on any atom is 0.309 e. The second kappa shape index (κ2) is 2.11. The van der Waals surface area contributed by atoms with E-state index in [1.54, 1.807) is 6.92 Å². The lowest BCUT2D eigenvalue weighted by Crippen LogP contribution is -2.23. The van der Waals surface area contributed by atoms with Crippen LogP contribution in [0.3, 0.4) is 0 Å². The van der Waals surface area contributed by atoms with Gasteiger partial charge < -0.3 is 5.11 Å². The minimum atomic E-state index is -0.689. The lowest BCUT2D eigenvalue weighted by molar-refractivity contribution is -0.147. The number of allylic oxidation sites excluding steroid dienone is 1. The van der Waals surface area contributed by atoms with Crippen molar-refractivity contribution in [3.63, 3.8) is 0 Å². The predicted octanol–water partition coefficient (Wildman–Crippen LogP) is 1.82. The Kier molecular flexibility index (Phi) is 1.55. The first-order valence-electron chi connectivity index (χ1n) is 3.45. The molecule has 1 atom stereocenters. The van der Waals surface area contributed by atoms with E-state index in [9.17, 15) is 4.79 Å². The van der Waals surface area contributed by atoms with E-state index in [0.717, 1.165) is 18.4 Å². The summed E-state index contributed by atoms with van der Waals surface area (Å²) in [7, 11) is 0. The molecule has 0 heterocycles. The molecule has 1 fully saturated rings. The van der Waals surface area contributed by atoms with Crippen LogP contribution in [0.1, 0.15) is 26.2 Å². The summed E-state index contributed by atoms with van der Waals surface area (Å²) >= 11 is 0. The molecule has 56 valence electrons. The van der Waals surface area contributed by atoms with Crippen LogP contribution >= 0.6 is 0 Å². The Balaban J connectivity index is 2.72. The van der Waals surface area contributed by atoms with Gasteiger partial charge in [-0.3, -0.25) is 4.79 Å². The molecule has 1 rings (SSSR count). The molecule has 1 saturated carbocycles. The third kappa shape index (κ3) is 1.06. The van der Waals surface area contributed by atoms with Crippen LogP contribution in [0.2, 0.25) is 0 Å². The number of aliphatic carboxylic acids is 1. The molecule has 1 N–H and O–H groups in total. The van der Waals surface area contributed by atoms with Crippen LogP contribution in [-0.4, -0.2) is 11.1 Å². The van der Waals surface area contributed by atoms with E-state index in [1.807, 2.05) is 0 Å². The van der Waals surface area contributed by atoms with E-state index in [0.29, 0.717) is 6.42 Å². The van der Waals surface area contributed by atoms with E-state index < -0.39 is 11.4 Å². The van der Waals surface area contributed by atoms with Crippen molar-refractivity contribution in [3.05, 3.63) is 12.2 Å². The maximum atomic E-state index is 10.6. The van der Waals surface area contributed by atoms with Crippen LogP contribution in [0.25, 0.3) is 0 Å². The highest BCUT2D eigenvalue weighted by molar-refractivity contribution is 5.75. The first-order chi connectivity index (χ1) is 4.54. The summed E-state index contributed by atoms with van der Waals surface area (Å²) in [4.78, 5) is 10.6. The van der Waals surface area contributed by atoms with Crippen molar-refractivity contribution in [1.29, 1.82) is 0 Å². The molecule has 1 aliphatic carbocycles. The Morgan fingerprint density at radius 3 is 2.60 bits per heavy atom. The van der Waals surface area contributed by atoms with Crippen LogP contribution in [0.15, 0.2) is 12.2 Å². The Morgan fingerprint density at radius 1 is 1.80 bits per heavy atom.